The second kappa shape index (κ2) is 4.96. The Balaban J connectivity index is 2.55. The van der Waals surface area contributed by atoms with Gasteiger partial charge in [0.2, 0.25) is 0 Å². The fourth-order valence-corrected chi connectivity index (χ4v) is 2.10. The number of aliphatic imine (C=N–C) groups is 1. The van der Waals surface area contributed by atoms with Crippen molar-refractivity contribution in [1.29, 1.82) is 0 Å². The molecule has 2 rings (SSSR count). The summed E-state index contributed by atoms with van der Waals surface area (Å²) in [5.41, 5.74) is 2.13. The minimum atomic E-state index is -0.294. The van der Waals surface area contributed by atoms with Crippen LogP contribution in [-0.2, 0) is 5.54 Å². The summed E-state index contributed by atoms with van der Waals surface area (Å²) in [5.74, 6) is 0. The molecule has 17 heavy (non-hydrogen) atoms. The van der Waals surface area contributed by atoms with E-state index in [-0.39, 0.29) is 5.54 Å². The predicted molar refractivity (Wildman–Crippen MR) is 73.5 cm³/mol. The fourth-order valence-electron chi connectivity index (χ4n) is 2.10. The Labute approximate surface area is 103 Å². The van der Waals surface area contributed by atoms with Gasteiger partial charge in [0.15, 0.2) is 0 Å². The Morgan fingerprint density at radius 3 is 1.59 bits per heavy atom. The highest BCUT2D eigenvalue weighted by Gasteiger charge is 2.26. The van der Waals surface area contributed by atoms with Crippen molar-refractivity contribution in [2.75, 3.05) is 0 Å². The van der Waals surface area contributed by atoms with Crippen molar-refractivity contribution in [2.24, 2.45) is 4.99 Å². The number of hydrogen-bond donors (Lipinski definition) is 0. The first kappa shape index (κ1) is 11.6. The smallest absolute Gasteiger partial charge is 0.107 e. The molecule has 0 unspecified atom stereocenters. The zero-order chi connectivity index (χ0) is 12.1. The summed E-state index contributed by atoms with van der Waals surface area (Å²) in [7, 11) is 0. The van der Waals surface area contributed by atoms with Crippen molar-refractivity contribution in [1.82, 2.24) is 0 Å². The SMILES string of the molecule is CC=NC(C)(c1ccccc1)c1ccccc1. The highest BCUT2D eigenvalue weighted by atomic mass is 14.8. The maximum atomic E-state index is 4.67. The summed E-state index contributed by atoms with van der Waals surface area (Å²) in [4.78, 5) is 4.67. The molecule has 1 nitrogen and oxygen atoms in total. The molecule has 86 valence electrons. The fraction of sp³-hybridized carbons (Fsp3) is 0.188. The van der Waals surface area contributed by atoms with Crippen LogP contribution in [0.4, 0.5) is 0 Å². The Morgan fingerprint density at radius 2 is 1.24 bits per heavy atom. The summed E-state index contributed by atoms with van der Waals surface area (Å²) >= 11 is 0. The van der Waals surface area contributed by atoms with Gasteiger partial charge in [-0.05, 0) is 31.2 Å². The lowest BCUT2D eigenvalue weighted by Crippen LogP contribution is -2.20. The first-order chi connectivity index (χ1) is 8.27. The van der Waals surface area contributed by atoms with Gasteiger partial charge in [-0.3, -0.25) is 4.99 Å². The zero-order valence-corrected chi connectivity index (χ0v) is 10.3. The third kappa shape index (κ3) is 2.28. The second-order valence-corrected chi connectivity index (χ2v) is 4.19. The first-order valence-corrected chi connectivity index (χ1v) is 5.88. The van der Waals surface area contributed by atoms with E-state index in [0.29, 0.717) is 0 Å². The zero-order valence-electron chi connectivity index (χ0n) is 10.3. The normalized spacial score (nSPS) is 11.9. The highest BCUT2D eigenvalue weighted by Crippen LogP contribution is 2.32. The minimum absolute atomic E-state index is 0.294. The van der Waals surface area contributed by atoms with Crippen LogP contribution in [-0.4, -0.2) is 6.21 Å². The van der Waals surface area contributed by atoms with E-state index < -0.39 is 0 Å². The van der Waals surface area contributed by atoms with Gasteiger partial charge in [0.25, 0.3) is 0 Å². The van der Waals surface area contributed by atoms with Crippen LogP contribution in [0, 0.1) is 0 Å². The number of nitrogens with zero attached hydrogens (tertiary/aromatic N) is 1. The molecule has 2 aromatic rings. The lowest BCUT2D eigenvalue weighted by Gasteiger charge is -2.26. The van der Waals surface area contributed by atoms with Crippen LogP contribution in [0.25, 0.3) is 0 Å². The molecule has 0 N–H and O–H groups in total. The van der Waals surface area contributed by atoms with E-state index in [4.69, 9.17) is 0 Å². The van der Waals surface area contributed by atoms with Crippen molar-refractivity contribution >= 4 is 6.21 Å². The quantitative estimate of drug-likeness (QED) is 0.696. The van der Waals surface area contributed by atoms with Crippen molar-refractivity contribution < 1.29 is 0 Å². The summed E-state index contributed by atoms with van der Waals surface area (Å²) in [6.45, 7) is 4.11. The molecule has 1 heteroatoms. The first-order valence-electron chi connectivity index (χ1n) is 5.88. The van der Waals surface area contributed by atoms with E-state index in [2.05, 4.69) is 60.4 Å². The number of rotatable bonds is 3. The lowest BCUT2D eigenvalue weighted by atomic mass is 9.85. The lowest BCUT2D eigenvalue weighted by molar-refractivity contribution is 0.609. The van der Waals surface area contributed by atoms with Crippen molar-refractivity contribution in [3.63, 3.8) is 0 Å². The van der Waals surface area contributed by atoms with Crippen molar-refractivity contribution in [3.05, 3.63) is 71.8 Å². The van der Waals surface area contributed by atoms with Crippen LogP contribution in [0.2, 0.25) is 0 Å². The molecule has 0 spiro atoms. The molecule has 0 bridgehead atoms. The van der Waals surface area contributed by atoms with Crippen molar-refractivity contribution in [2.45, 2.75) is 19.4 Å². The van der Waals surface area contributed by atoms with Crippen LogP contribution in [0.1, 0.15) is 25.0 Å². The standard InChI is InChI=1S/C16H17N/c1-3-17-16(2,14-10-6-4-7-11-14)15-12-8-5-9-13-15/h3-13H,1-2H3. The molecule has 0 saturated heterocycles. The molecule has 0 radical (unpaired) electrons. The molecule has 0 saturated carbocycles. The number of benzene rings is 2. The Bertz CT molecular complexity index is 446. The molecular formula is C16H17N. The monoisotopic (exact) mass is 223 g/mol. The maximum absolute atomic E-state index is 4.67. The third-order valence-electron chi connectivity index (χ3n) is 3.06. The van der Waals surface area contributed by atoms with E-state index in [0.717, 1.165) is 0 Å². The van der Waals surface area contributed by atoms with Crippen molar-refractivity contribution in [3.8, 4) is 0 Å². The average molecular weight is 223 g/mol. The Hall–Kier alpha value is -1.89. The third-order valence-corrected chi connectivity index (χ3v) is 3.06. The van der Waals surface area contributed by atoms with Gasteiger partial charge in [0.05, 0.1) is 0 Å². The van der Waals surface area contributed by atoms with Crippen LogP contribution in [0.5, 0.6) is 0 Å². The van der Waals surface area contributed by atoms with Crippen LogP contribution in [0.3, 0.4) is 0 Å². The van der Waals surface area contributed by atoms with Crippen LogP contribution >= 0.6 is 0 Å². The molecule has 0 atom stereocenters. The van der Waals surface area contributed by atoms with Gasteiger partial charge in [-0.25, -0.2) is 0 Å². The van der Waals surface area contributed by atoms with Crippen LogP contribution < -0.4 is 0 Å². The van der Waals surface area contributed by atoms with Gasteiger partial charge in [0, 0.05) is 0 Å². The average Bonchev–Trinajstić information content (AvgIpc) is 2.41. The van der Waals surface area contributed by atoms with E-state index >= 15 is 0 Å². The van der Waals surface area contributed by atoms with Gasteiger partial charge >= 0.3 is 0 Å². The molecule has 0 aliphatic rings. The molecule has 0 heterocycles. The van der Waals surface area contributed by atoms with E-state index in [1.807, 2.05) is 25.3 Å². The van der Waals surface area contributed by atoms with E-state index in [1.54, 1.807) is 0 Å². The Kier molecular flexibility index (Phi) is 3.38. The van der Waals surface area contributed by atoms with Gasteiger partial charge in [0.1, 0.15) is 5.54 Å². The summed E-state index contributed by atoms with van der Waals surface area (Å²) in [5, 5.41) is 0. The largest absolute Gasteiger partial charge is 0.282 e. The predicted octanol–water partition coefficient (Wildman–Crippen LogP) is 4.04. The molecule has 0 aliphatic heterocycles. The molecule has 0 aliphatic carbocycles. The van der Waals surface area contributed by atoms with Gasteiger partial charge in [-0.1, -0.05) is 60.7 Å². The Morgan fingerprint density at radius 1 is 0.824 bits per heavy atom. The van der Waals surface area contributed by atoms with Gasteiger partial charge in [-0.2, -0.15) is 0 Å². The summed E-state index contributed by atoms with van der Waals surface area (Å²) < 4.78 is 0. The minimum Gasteiger partial charge on any atom is -0.282 e. The van der Waals surface area contributed by atoms with Gasteiger partial charge < -0.3 is 0 Å². The number of hydrogen-bond acceptors (Lipinski definition) is 1. The molecule has 0 amide bonds. The summed E-state index contributed by atoms with van der Waals surface area (Å²) in [6, 6.07) is 20.8. The molecular weight excluding hydrogens is 206 g/mol. The molecule has 0 aromatic heterocycles. The topological polar surface area (TPSA) is 12.4 Å². The van der Waals surface area contributed by atoms with E-state index in [9.17, 15) is 0 Å². The van der Waals surface area contributed by atoms with E-state index in [1.165, 1.54) is 11.1 Å². The second-order valence-electron chi connectivity index (χ2n) is 4.19. The highest BCUT2D eigenvalue weighted by molar-refractivity contribution is 5.56. The molecule has 2 aromatic carbocycles. The maximum Gasteiger partial charge on any atom is 0.107 e. The summed E-state index contributed by atoms with van der Waals surface area (Å²) in [6.07, 6.45) is 1.88. The molecule has 0 fully saturated rings. The van der Waals surface area contributed by atoms with Gasteiger partial charge in [-0.15, -0.1) is 0 Å². The van der Waals surface area contributed by atoms with Crippen LogP contribution in [0.15, 0.2) is 65.7 Å².